The third kappa shape index (κ3) is 2.37. The van der Waals surface area contributed by atoms with E-state index in [1.165, 1.54) is 0 Å². The minimum atomic E-state index is -0.00233. The van der Waals surface area contributed by atoms with Gasteiger partial charge in [0, 0.05) is 0 Å². The second-order valence-corrected chi connectivity index (χ2v) is 7.32. The van der Waals surface area contributed by atoms with Crippen LogP contribution in [-0.4, -0.2) is 37.0 Å². The largest absolute Gasteiger partial charge is 0.465 e. The van der Waals surface area contributed by atoms with E-state index in [9.17, 15) is 4.79 Å². The number of rotatable bonds is 3. The third-order valence-electron chi connectivity index (χ3n) is 5.84. The van der Waals surface area contributed by atoms with E-state index in [1.807, 2.05) is 0 Å². The first-order valence-corrected chi connectivity index (χ1v) is 8.09. The van der Waals surface area contributed by atoms with Gasteiger partial charge in [0.05, 0.1) is 36.9 Å². The van der Waals surface area contributed by atoms with Crippen LogP contribution in [0.2, 0.25) is 0 Å². The van der Waals surface area contributed by atoms with Crippen molar-refractivity contribution in [3.63, 3.8) is 0 Å². The lowest BCUT2D eigenvalue weighted by Gasteiger charge is -2.28. The van der Waals surface area contributed by atoms with Crippen molar-refractivity contribution in [2.75, 3.05) is 6.61 Å². The van der Waals surface area contributed by atoms with Crippen molar-refractivity contribution in [3.05, 3.63) is 0 Å². The van der Waals surface area contributed by atoms with Crippen LogP contribution in [0.3, 0.4) is 0 Å². The molecule has 2 heterocycles. The lowest BCUT2D eigenvalue weighted by molar-refractivity contribution is -0.153. The van der Waals surface area contributed by atoms with Crippen molar-refractivity contribution in [2.24, 2.45) is 23.7 Å². The molecule has 0 amide bonds. The Hall–Kier alpha value is -0.610. The van der Waals surface area contributed by atoms with E-state index in [2.05, 4.69) is 13.8 Å². The summed E-state index contributed by atoms with van der Waals surface area (Å²) in [6.07, 6.45) is 5.77. The van der Waals surface area contributed by atoms with E-state index < -0.39 is 0 Å². The van der Waals surface area contributed by atoms with Gasteiger partial charge in [-0.15, -0.1) is 0 Å². The zero-order chi connectivity index (χ0) is 13.9. The highest BCUT2D eigenvalue weighted by Crippen LogP contribution is 2.44. The summed E-state index contributed by atoms with van der Waals surface area (Å²) in [5, 5.41) is 0. The molecule has 2 aliphatic carbocycles. The van der Waals surface area contributed by atoms with E-state index in [0.29, 0.717) is 48.8 Å². The van der Waals surface area contributed by atoms with Crippen LogP contribution in [0, 0.1) is 23.7 Å². The fourth-order valence-corrected chi connectivity index (χ4v) is 4.15. The van der Waals surface area contributed by atoms with Crippen molar-refractivity contribution < 1.29 is 19.0 Å². The minimum Gasteiger partial charge on any atom is -0.465 e. The average molecular weight is 280 g/mol. The van der Waals surface area contributed by atoms with E-state index >= 15 is 0 Å². The molecule has 0 N–H and O–H groups in total. The molecular formula is C16H24O4. The fraction of sp³-hybridized carbons (Fsp3) is 0.938. The van der Waals surface area contributed by atoms with Crippen LogP contribution in [-0.2, 0) is 19.0 Å². The molecule has 0 aromatic carbocycles. The molecule has 0 aromatic heterocycles. The molecule has 4 heteroatoms. The van der Waals surface area contributed by atoms with Gasteiger partial charge in [-0.1, -0.05) is 13.8 Å². The first-order valence-electron chi connectivity index (χ1n) is 8.09. The molecule has 112 valence electrons. The van der Waals surface area contributed by atoms with Crippen molar-refractivity contribution in [3.8, 4) is 0 Å². The first-order chi connectivity index (χ1) is 9.61. The lowest BCUT2D eigenvalue weighted by atomic mass is 9.80. The fourth-order valence-electron chi connectivity index (χ4n) is 4.15. The van der Waals surface area contributed by atoms with Crippen LogP contribution >= 0.6 is 0 Å². The highest BCUT2D eigenvalue weighted by molar-refractivity contribution is 5.73. The second-order valence-electron chi connectivity index (χ2n) is 7.32. The van der Waals surface area contributed by atoms with E-state index in [1.54, 1.807) is 0 Å². The van der Waals surface area contributed by atoms with Crippen LogP contribution in [0.15, 0.2) is 0 Å². The third-order valence-corrected chi connectivity index (χ3v) is 5.84. The van der Waals surface area contributed by atoms with E-state index in [4.69, 9.17) is 14.2 Å². The van der Waals surface area contributed by atoms with Gasteiger partial charge in [-0.25, -0.2) is 0 Å². The molecule has 4 nitrogen and oxygen atoms in total. The number of carbonyl (C=O) groups excluding carboxylic acids is 1. The predicted molar refractivity (Wildman–Crippen MR) is 72.1 cm³/mol. The van der Waals surface area contributed by atoms with Gasteiger partial charge in [0.1, 0.15) is 0 Å². The number of fused-ring (bicyclic) bond motifs is 2. The normalized spacial score (nSPS) is 52.7. The van der Waals surface area contributed by atoms with Gasteiger partial charge in [0.15, 0.2) is 0 Å². The first kappa shape index (κ1) is 13.1. The molecule has 0 spiro atoms. The maximum Gasteiger partial charge on any atom is 0.309 e. The number of hydrogen-bond acceptors (Lipinski definition) is 4. The Balaban J connectivity index is 1.29. The predicted octanol–water partition coefficient (Wildman–Crippen LogP) is 2.16. The molecule has 0 aromatic rings. The Labute approximate surface area is 120 Å². The van der Waals surface area contributed by atoms with Crippen molar-refractivity contribution >= 4 is 5.97 Å². The summed E-state index contributed by atoms with van der Waals surface area (Å²) in [7, 11) is 0. The molecule has 0 unspecified atom stereocenters. The van der Waals surface area contributed by atoms with Crippen LogP contribution in [0.25, 0.3) is 0 Å². The Morgan fingerprint density at radius 2 is 1.55 bits per heavy atom. The summed E-state index contributed by atoms with van der Waals surface area (Å²) in [6.45, 7) is 4.97. The van der Waals surface area contributed by atoms with Gasteiger partial charge in [0.2, 0.25) is 0 Å². The second kappa shape index (κ2) is 4.70. The summed E-state index contributed by atoms with van der Waals surface area (Å²) in [5.41, 5.74) is 0. The maximum atomic E-state index is 12.3. The van der Waals surface area contributed by atoms with Gasteiger partial charge >= 0.3 is 5.97 Å². The zero-order valence-corrected chi connectivity index (χ0v) is 12.3. The van der Waals surface area contributed by atoms with Crippen molar-refractivity contribution in [2.45, 2.75) is 63.9 Å². The van der Waals surface area contributed by atoms with Gasteiger partial charge < -0.3 is 14.2 Å². The zero-order valence-electron chi connectivity index (χ0n) is 12.3. The SMILES string of the molecule is C[C@@H]1C[C@@H]2O[C@@H]2C[C@@H]1COC(=O)[C@@H]1C[C@@H]2O[C@H]2C[C@H]1C. The number of hydrogen-bond donors (Lipinski definition) is 0. The summed E-state index contributed by atoms with van der Waals surface area (Å²) in [6, 6.07) is 0. The van der Waals surface area contributed by atoms with E-state index in [-0.39, 0.29) is 11.9 Å². The molecule has 0 radical (unpaired) electrons. The molecule has 4 aliphatic rings. The number of carbonyl (C=O) groups is 1. The Morgan fingerprint density at radius 3 is 2.30 bits per heavy atom. The average Bonchev–Trinajstić information content (AvgIpc) is 3.29. The molecule has 8 atom stereocenters. The van der Waals surface area contributed by atoms with Crippen LogP contribution in [0.5, 0.6) is 0 Å². The van der Waals surface area contributed by atoms with Gasteiger partial charge in [-0.2, -0.15) is 0 Å². The monoisotopic (exact) mass is 280 g/mol. The number of epoxide rings is 2. The molecule has 2 saturated carbocycles. The maximum absolute atomic E-state index is 12.3. The van der Waals surface area contributed by atoms with Crippen LogP contribution < -0.4 is 0 Å². The van der Waals surface area contributed by atoms with Gasteiger partial charge in [-0.05, 0) is 43.4 Å². The number of esters is 1. The van der Waals surface area contributed by atoms with Crippen LogP contribution in [0.1, 0.15) is 39.5 Å². The molecule has 20 heavy (non-hydrogen) atoms. The molecule has 2 saturated heterocycles. The van der Waals surface area contributed by atoms with Crippen LogP contribution in [0.4, 0.5) is 0 Å². The number of ether oxygens (including phenoxy) is 3. The minimum absolute atomic E-state index is 0.00233. The molecule has 2 aliphatic heterocycles. The smallest absolute Gasteiger partial charge is 0.309 e. The summed E-state index contributed by atoms with van der Waals surface area (Å²) in [5.74, 6) is 1.52. The Bertz CT molecular complexity index is 409. The highest BCUT2D eigenvalue weighted by Gasteiger charge is 2.50. The summed E-state index contributed by atoms with van der Waals surface area (Å²) < 4.78 is 16.8. The quantitative estimate of drug-likeness (QED) is 0.587. The molecule has 0 bridgehead atoms. The lowest BCUT2D eigenvalue weighted by Crippen LogP contribution is -2.33. The standard InChI is InChI=1S/C16H24O4/c1-8-3-12-14(19-12)5-10(8)7-18-16(17)11-6-15-13(20-15)4-9(11)2/h8-15H,3-7H2,1-2H3/t8-,9-,10-,11-,12+,13+,14-,15+/m1/s1. The molecular weight excluding hydrogens is 256 g/mol. The summed E-state index contributed by atoms with van der Waals surface area (Å²) >= 11 is 0. The molecule has 4 rings (SSSR count). The van der Waals surface area contributed by atoms with Crippen molar-refractivity contribution in [1.29, 1.82) is 0 Å². The van der Waals surface area contributed by atoms with Crippen molar-refractivity contribution in [1.82, 2.24) is 0 Å². The Morgan fingerprint density at radius 1 is 0.950 bits per heavy atom. The highest BCUT2D eigenvalue weighted by atomic mass is 16.6. The van der Waals surface area contributed by atoms with Gasteiger partial charge in [-0.3, -0.25) is 4.79 Å². The topological polar surface area (TPSA) is 51.4 Å². The molecule has 4 fully saturated rings. The summed E-state index contributed by atoms with van der Waals surface area (Å²) in [4.78, 5) is 12.3. The Kier molecular flexibility index (Phi) is 3.08. The van der Waals surface area contributed by atoms with Gasteiger partial charge in [0.25, 0.3) is 0 Å². The van der Waals surface area contributed by atoms with E-state index in [0.717, 1.165) is 25.7 Å².